The lowest BCUT2D eigenvalue weighted by atomic mass is 9.96. The number of methoxy groups -OCH3 is 2. The van der Waals surface area contributed by atoms with Crippen molar-refractivity contribution < 1.29 is 65.8 Å². The van der Waals surface area contributed by atoms with Crippen molar-refractivity contribution in [2.24, 2.45) is 0 Å². The van der Waals surface area contributed by atoms with Crippen molar-refractivity contribution in [1.29, 1.82) is 0 Å². The van der Waals surface area contributed by atoms with Gasteiger partial charge in [-0.3, -0.25) is 9.13 Å². The Morgan fingerprint density at radius 1 is 0.811 bits per heavy atom. The topological polar surface area (TPSA) is 184 Å². The second-order valence-electron chi connectivity index (χ2n) is 8.95. The first-order valence-corrected chi connectivity index (χ1v) is 14.8. The van der Waals surface area contributed by atoms with E-state index in [-0.39, 0.29) is 39.1 Å². The quantitative estimate of drug-likeness (QED) is 0.178. The molecule has 18 heteroatoms. The van der Waals surface area contributed by atoms with Crippen molar-refractivity contribution >= 4 is 31.3 Å². The average molecular weight is 568 g/mol. The van der Waals surface area contributed by atoms with Crippen LogP contribution in [0.3, 0.4) is 0 Å². The largest absolute Gasteiger partial charge is 0.756 e. The normalized spacial score (nSPS) is 39.5. The number of hydrogen-bond donors (Lipinski definition) is 1. The third-order valence-corrected chi connectivity index (χ3v) is 8.13. The number of ether oxygens (including phenoxy) is 5. The number of aliphatic hydroxyl groups is 1. The predicted molar refractivity (Wildman–Crippen MR) is 123 cm³/mol. The Bertz CT molecular complexity index is 811. The molecule has 0 aliphatic carbocycles. The number of rotatable bonds is 15. The van der Waals surface area contributed by atoms with Gasteiger partial charge in [-0.15, -0.1) is 0 Å². The monoisotopic (exact) mass is 568 g/mol. The van der Waals surface area contributed by atoms with Gasteiger partial charge in [0.1, 0.15) is 34.0 Å². The number of aliphatic hydroxyl groups excluding tert-OH is 1. The van der Waals surface area contributed by atoms with Crippen LogP contribution >= 0.6 is 15.6 Å². The Kier molecular flexibility index (Phi) is 12.1. The van der Waals surface area contributed by atoms with Crippen LogP contribution in [0, 0.1) is 0 Å². The summed E-state index contributed by atoms with van der Waals surface area (Å²) in [5.41, 5.74) is 0. The molecule has 0 aromatic carbocycles. The van der Waals surface area contributed by atoms with Crippen LogP contribution < -0.4 is 9.79 Å². The fourth-order valence-electron chi connectivity index (χ4n) is 4.42. The van der Waals surface area contributed by atoms with Gasteiger partial charge in [0.25, 0.3) is 15.6 Å². The van der Waals surface area contributed by atoms with Gasteiger partial charge in [-0.05, 0) is 19.3 Å². The second kappa shape index (κ2) is 14.1. The molecule has 0 spiro atoms. The molecule has 3 heterocycles. The zero-order chi connectivity index (χ0) is 27.2. The van der Waals surface area contributed by atoms with E-state index in [9.17, 15) is 24.0 Å². The van der Waals surface area contributed by atoms with Crippen molar-refractivity contribution in [3.8, 4) is 0 Å². The first-order chi connectivity index (χ1) is 17.4. The van der Waals surface area contributed by atoms with Crippen LogP contribution in [-0.2, 0) is 50.9 Å². The van der Waals surface area contributed by atoms with Crippen LogP contribution in [0.15, 0.2) is 0 Å². The summed E-state index contributed by atoms with van der Waals surface area (Å²) in [5, 5.41) is 9.24. The minimum Gasteiger partial charge on any atom is -0.756 e. The lowest BCUT2D eigenvalue weighted by Gasteiger charge is -2.32. The molecule has 0 aromatic heterocycles. The maximum atomic E-state index is 12.5. The van der Waals surface area contributed by atoms with E-state index in [1.165, 1.54) is 14.2 Å². The predicted octanol–water partition coefficient (Wildman–Crippen LogP) is -1.50. The van der Waals surface area contributed by atoms with Gasteiger partial charge in [0.2, 0.25) is 0 Å². The Hall–Kier alpha value is 0.110. The highest BCUT2D eigenvalue weighted by Crippen LogP contribution is 2.47. The molecule has 14 nitrogen and oxygen atoms in total. The molecule has 11 atom stereocenters. The number of hydrogen-bond acceptors (Lipinski definition) is 14. The molecule has 3 rings (SSSR count). The zero-order valence-corrected chi connectivity index (χ0v) is 22.4. The van der Waals surface area contributed by atoms with Crippen molar-refractivity contribution in [2.75, 3.05) is 40.6 Å². The van der Waals surface area contributed by atoms with E-state index < -0.39 is 77.0 Å². The third kappa shape index (κ3) is 9.61. The third-order valence-electron chi connectivity index (χ3n) is 6.14. The van der Waals surface area contributed by atoms with Crippen molar-refractivity contribution in [3.05, 3.63) is 0 Å². The Balaban J connectivity index is 1.56. The molecule has 5 unspecified atom stereocenters. The van der Waals surface area contributed by atoms with E-state index in [1.54, 1.807) is 0 Å². The molecule has 0 saturated carbocycles. The molecular formula is C19H32B2O14P2-2. The van der Waals surface area contributed by atoms with Crippen molar-refractivity contribution in [3.63, 3.8) is 0 Å². The lowest BCUT2D eigenvalue weighted by Crippen LogP contribution is -2.33. The molecule has 0 aromatic rings. The van der Waals surface area contributed by atoms with Crippen LogP contribution in [0.25, 0.3) is 0 Å². The summed E-state index contributed by atoms with van der Waals surface area (Å²) in [5.74, 6) is 0. The van der Waals surface area contributed by atoms with Gasteiger partial charge >= 0.3 is 0 Å². The molecule has 3 aliphatic heterocycles. The van der Waals surface area contributed by atoms with Crippen LogP contribution in [0.4, 0.5) is 0 Å². The molecule has 0 bridgehead atoms. The van der Waals surface area contributed by atoms with Gasteiger partial charge in [0.15, 0.2) is 0 Å². The summed E-state index contributed by atoms with van der Waals surface area (Å²) in [4.78, 5) is 25.0. The molecule has 37 heavy (non-hydrogen) atoms. The van der Waals surface area contributed by atoms with Crippen LogP contribution in [0.5, 0.6) is 0 Å². The standard InChI is InChI=1S/C19H34B2O14P2/c1-27-8-15-14(7-19(21)32-15)35-37(25,26)30-10-17-13(5-11(31-17)3-4-22)34-36(23,24)29-9-16-12(28-2)6-18(20)33-16/h11-19,22H,3-10H2,1-2H3,(H,23,24)(H,25,26)/p-2/t11-,12?,13?,14?,15+,16+,17+,18+,19+/m0/s1. The summed E-state index contributed by atoms with van der Waals surface area (Å²) >= 11 is 0. The average Bonchev–Trinajstić information content (AvgIpc) is 3.47. The second-order valence-corrected chi connectivity index (χ2v) is 11.7. The number of phosphoric ester groups is 2. The van der Waals surface area contributed by atoms with Crippen molar-refractivity contribution in [2.45, 2.75) is 80.4 Å². The maximum Gasteiger partial charge on any atom is 0.268 e. The van der Waals surface area contributed by atoms with Gasteiger partial charge in [-0.25, -0.2) is 0 Å². The Labute approximate surface area is 218 Å². The molecule has 3 fully saturated rings. The molecule has 3 aliphatic rings. The highest BCUT2D eigenvalue weighted by atomic mass is 31.2. The van der Waals surface area contributed by atoms with E-state index in [1.807, 2.05) is 0 Å². The van der Waals surface area contributed by atoms with Gasteiger partial charge in [0, 0.05) is 39.3 Å². The van der Waals surface area contributed by atoms with Gasteiger partial charge in [0.05, 0.1) is 44.2 Å². The van der Waals surface area contributed by atoms with Gasteiger partial charge in [-0.1, -0.05) is 0 Å². The summed E-state index contributed by atoms with van der Waals surface area (Å²) in [6.45, 7) is -1.17. The Morgan fingerprint density at radius 3 is 1.81 bits per heavy atom. The molecule has 210 valence electrons. The molecule has 1 N–H and O–H groups in total. The van der Waals surface area contributed by atoms with E-state index in [2.05, 4.69) is 0 Å². The van der Waals surface area contributed by atoms with Gasteiger partial charge < -0.3 is 56.7 Å². The Morgan fingerprint density at radius 2 is 1.30 bits per heavy atom. The fraction of sp³-hybridized carbons (Fsp3) is 1.00. The van der Waals surface area contributed by atoms with Crippen LogP contribution in [0.1, 0.15) is 25.7 Å². The zero-order valence-electron chi connectivity index (χ0n) is 20.7. The minimum absolute atomic E-state index is 0.0426. The smallest absolute Gasteiger partial charge is 0.268 e. The fourth-order valence-corrected chi connectivity index (χ4v) is 6.31. The lowest BCUT2D eigenvalue weighted by molar-refractivity contribution is -0.237. The summed E-state index contributed by atoms with van der Waals surface area (Å²) in [7, 11) is 4.50. The summed E-state index contributed by atoms with van der Waals surface area (Å²) in [6, 6.07) is -1.34. The maximum absolute atomic E-state index is 12.5. The molecule has 4 radical (unpaired) electrons. The van der Waals surface area contributed by atoms with E-state index in [4.69, 9.17) is 57.5 Å². The van der Waals surface area contributed by atoms with Crippen molar-refractivity contribution in [1.82, 2.24) is 0 Å². The highest BCUT2D eigenvalue weighted by Gasteiger charge is 2.41. The SMILES string of the molecule is [B][C@H]1CC(OC)[C@@H](COP(=O)([O-])OC2C[C@H](CCO)O[C@@H]2COP(=O)([O-])OC2C[C@H]([B])O[C@@H]2COC)O1. The first kappa shape index (κ1) is 31.6. The molecule has 0 amide bonds. The van der Waals surface area contributed by atoms with E-state index in [0.29, 0.717) is 6.42 Å². The van der Waals surface area contributed by atoms with Crippen LogP contribution in [-0.4, -0.2) is 116 Å². The molecule has 3 saturated heterocycles. The minimum atomic E-state index is -4.89. The highest BCUT2D eigenvalue weighted by molar-refractivity contribution is 7.46. The first-order valence-electron chi connectivity index (χ1n) is 11.8. The summed E-state index contributed by atoms with van der Waals surface area (Å²) in [6.07, 6.45) is -4.97. The molecular weight excluding hydrogens is 536 g/mol. The van der Waals surface area contributed by atoms with Crippen LogP contribution in [0.2, 0.25) is 0 Å². The summed E-state index contributed by atoms with van der Waals surface area (Å²) < 4.78 is 71.9. The van der Waals surface area contributed by atoms with Gasteiger partial charge in [-0.2, -0.15) is 0 Å². The van der Waals surface area contributed by atoms with E-state index in [0.717, 1.165) is 0 Å². The number of phosphoric acid groups is 2. The van der Waals surface area contributed by atoms with E-state index >= 15 is 0 Å².